The van der Waals surface area contributed by atoms with Crippen molar-refractivity contribution in [3.63, 3.8) is 0 Å². The van der Waals surface area contributed by atoms with E-state index >= 15 is 0 Å². The monoisotopic (exact) mass is 590 g/mol. The third-order valence-corrected chi connectivity index (χ3v) is 7.37. The standard InChI is InChI=1S/C15H26N4.C12H21NO3.C4H7NO2/c1-17-11-14-5-4-13(10-15(14)19(3)16)12-6-8-18(2)9-7-12;1-9(2)8-16-12(15)13-11-5-3-10(7-14)4-6-11;6-3-1-2-5-4-7/h4-5,10,12,17H,6-9,11,16H2,1-3H3;7,9-11H,3-6,8H2,1-2H3,(H,13,15);3-4H,1-2H2,(H,5,7). The van der Waals surface area contributed by atoms with Gasteiger partial charge in [0, 0.05) is 38.5 Å². The van der Waals surface area contributed by atoms with Crippen molar-refractivity contribution < 1.29 is 23.9 Å². The molecule has 42 heavy (non-hydrogen) atoms. The number of benzene rings is 1. The Morgan fingerprint density at radius 3 is 2.31 bits per heavy atom. The number of carbonyl (C=O) groups excluding carboxylic acids is 4. The molecule has 0 atom stereocenters. The van der Waals surface area contributed by atoms with E-state index in [4.69, 9.17) is 10.6 Å². The number of alkyl carbamates (subject to hydrolysis) is 1. The second kappa shape index (κ2) is 21.6. The maximum Gasteiger partial charge on any atom is 0.407 e. The van der Waals surface area contributed by atoms with Gasteiger partial charge < -0.3 is 40.2 Å². The molecular formula is C31H54N6O5. The van der Waals surface area contributed by atoms with E-state index in [0.29, 0.717) is 37.8 Å². The average Bonchev–Trinajstić information content (AvgIpc) is 2.98. The minimum absolute atomic E-state index is 0.177. The van der Waals surface area contributed by atoms with Gasteiger partial charge in [0.25, 0.3) is 0 Å². The molecule has 3 rings (SSSR count). The van der Waals surface area contributed by atoms with Crippen LogP contribution in [-0.4, -0.2) is 83.4 Å². The second-order valence-electron chi connectivity index (χ2n) is 11.5. The summed E-state index contributed by atoms with van der Waals surface area (Å²) < 4.78 is 5.04. The molecule has 2 aliphatic rings. The number of nitrogens with zero attached hydrogens (tertiary/aromatic N) is 2. The quantitative estimate of drug-likeness (QED) is 0.125. The number of nitrogens with two attached hydrogens (primary N) is 1. The van der Waals surface area contributed by atoms with Crippen LogP contribution in [0.4, 0.5) is 10.5 Å². The lowest BCUT2D eigenvalue weighted by atomic mass is 9.87. The van der Waals surface area contributed by atoms with E-state index in [2.05, 4.69) is 46.1 Å². The number of ether oxygens (including phenoxy) is 1. The van der Waals surface area contributed by atoms with E-state index in [0.717, 1.165) is 50.5 Å². The summed E-state index contributed by atoms with van der Waals surface area (Å²) in [5.74, 6) is 7.18. The van der Waals surface area contributed by atoms with E-state index in [9.17, 15) is 19.2 Å². The van der Waals surface area contributed by atoms with Crippen molar-refractivity contribution in [3.8, 4) is 0 Å². The van der Waals surface area contributed by atoms with E-state index < -0.39 is 0 Å². The number of aldehydes is 2. The van der Waals surface area contributed by atoms with Crippen molar-refractivity contribution in [2.24, 2.45) is 17.7 Å². The highest BCUT2D eigenvalue weighted by molar-refractivity contribution is 5.67. The lowest BCUT2D eigenvalue weighted by Crippen LogP contribution is -2.38. The van der Waals surface area contributed by atoms with Crippen molar-refractivity contribution in [1.29, 1.82) is 0 Å². The van der Waals surface area contributed by atoms with Crippen molar-refractivity contribution in [1.82, 2.24) is 20.9 Å². The summed E-state index contributed by atoms with van der Waals surface area (Å²) in [6.45, 7) is 8.14. The largest absolute Gasteiger partial charge is 0.449 e. The first kappa shape index (κ1) is 37.0. The first-order valence-corrected chi connectivity index (χ1v) is 15.1. The SMILES string of the molecule is CC(C)COC(=O)NC1CCC(C=O)CC1.CNCc1ccc(C2CCN(C)CC2)cc1N(C)N.O=CCCNC=O. The van der Waals surface area contributed by atoms with Gasteiger partial charge in [0.05, 0.1) is 12.3 Å². The molecule has 11 heteroatoms. The Bertz CT molecular complexity index is 905. The molecule has 0 spiro atoms. The highest BCUT2D eigenvalue weighted by Gasteiger charge is 2.22. The van der Waals surface area contributed by atoms with Crippen LogP contribution in [0.15, 0.2) is 18.2 Å². The minimum atomic E-state index is -0.330. The Kier molecular flexibility index (Phi) is 19.1. The Labute approximate surface area is 252 Å². The molecule has 1 heterocycles. The molecule has 1 aromatic carbocycles. The molecule has 0 radical (unpaired) electrons. The van der Waals surface area contributed by atoms with Crippen molar-refractivity contribution in [2.45, 2.75) is 77.3 Å². The lowest BCUT2D eigenvalue weighted by Gasteiger charge is -2.30. The molecule has 1 saturated heterocycles. The molecule has 1 aromatic rings. The average molecular weight is 591 g/mol. The van der Waals surface area contributed by atoms with Gasteiger partial charge in [-0.1, -0.05) is 26.0 Å². The van der Waals surface area contributed by atoms with Gasteiger partial charge in [-0.15, -0.1) is 0 Å². The fourth-order valence-corrected chi connectivity index (χ4v) is 4.90. The fraction of sp³-hybridized carbons (Fsp3) is 0.677. The van der Waals surface area contributed by atoms with Crippen LogP contribution in [0.3, 0.4) is 0 Å². The number of carbonyl (C=O) groups is 4. The molecule has 1 aliphatic heterocycles. The molecule has 1 saturated carbocycles. The highest BCUT2D eigenvalue weighted by Crippen LogP contribution is 2.31. The lowest BCUT2D eigenvalue weighted by molar-refractivity contribution is -0.112. The van der Waals surface area contributed by atoms with Gasteiger partial charge >= 0.3 is 6.09 Å². The van der Waals surface area contributed by atoms with Crippen LogP contribution in [0, 0.1) is 11.8 Å². The molecular weight excluding hydrogens is 536 g/mol. The number of anilines is 1. The minimum Gasteiger partial charge on any atom is -0.449 e. The second-order valence-corrected chi connectivity index (χ2v) is 11.5. The predicted molar refractivity (Wildman–Crippen MR) is 167 cm³/mol. The molecule has 11 nitrogen and oxygen atoms in total. The van der Waals surface area contributed by atoms with E-state index in [-0.39, 0.29) is 18.1 Å². The Hall–Kier alpha value is -3.02. The number of hydrazine groups is 1. The summed E-state index contributed by atoms with van der Waals surface area (Å²) in [6, 6.07) is 6.93. The zero-order valence-corrected chi connectivity index (χ0v) is 26.3. The van der Waals surface area contributed by atoms with Crippen LogP contribution in [0.1, 0.15) is 75.8 Å². The number of hydrogen-bond donors (Lipinski definition) is 4. The molecule has 5 N–H and O–H groups in total. The van der Waals surface area contributed by atoms with Gasteiger partial charge in [-0.05, 0) is 94.7 Å². The third-order valence-electron chi connectivity index (χ3n) is 7.37. The number of hydrogen-bond acceptors (Lipinski definition) is 9. The highest BCUT2D eigenvalue weighted by atomic mass is 16.5. The van der Waals surface area contributed by atoms with Gasteiger partial charge in [0.15, 0.2) is 0 Å². The molecule has 238 valence electrons. The van der Waals surface area contributed by atoms with Gasteiger partial charge in [-0.3, -0.25) is 4.79 Å². The number of nitrogens with one attached hydrogen (secondary N) is 3. The third kappa shape index (κ3) is 15.3. The first-order chi connectivity index (χ1) is 20.1. The topological polar surface area (TPSA) is 146 Å². The smallest absolute Gasteiger partial charge is 0.407 e. The number of rotatable bonds is 12. The van der Waals surface area contributed by atoms with Crippen molar-refractivity contribution in [3.05, 3.63) is 29.3 Å². The van der Waals surface area contributed by atoms with Gasteiger partial charge in [-0.25, -0.2) is 10.6 Å². The van der Waals surface area contributed by atoms with Crippen LogP contribution in [0.25, 0.3) is 0 Å². The van der Waals surface area contributed by atoms with Gasteiger partial charge in [0.1, 0.15) is 12.6 Å². The van der Waals surface area contributed by atoms with E-state index in [1.165, 1.54) is 37.1 Å². The first-order valence-electron chi connectivity index (χ1n) is 15.1. The normalized spacial score (nSPS) is 18.8. The van der Waals surface area contributed by atoms with Crippen LogP contribution >= 0.6 is 0 Å². The van der Waals surface area contributed by atoms with Crippen LogP contribution in [0.5, 0.6) is 0 Å². The molecule has 1 aliphatic carbocycles. The fourth-order valence-electron chi connectivity index (χ4n) is 4.90. The Morgan fingerprint density at radius 1 is 1.12 bits per heavy atom. The predicted octanol–water partition coefficient (Wildman–Crippen LogP) is 2.97. The summed E-state index contributed by atoms with van der Waals surface area (Å²) in [5.41, 5.74) is 3.82. The molecule has 0 bridgehead atoms. The summed E-state index contributed by atoms with van der Waals surface area (Å²) >= 11 is 0. The zero-order chi connectivity index (χ0) is 31.3. The van der Waals surface area contributed by atoms with Crippen LogP contribution in [-0.2, 0) is 25.7 Å². The summed E-state index contributed by atoms with van der Waals surface area (Å²) in [6.07, 6.45) is 8.41. The summed E-state index contributed by atoms with van der Waals surface area (Å²) in [4.78, 5) is 43.3. The number of piperidine rings is 1. The van der Waals surface area contributed by atoms with E-state index in [1.807, 2.05) is 27.9 Å². The zero-order valence-electron chi connectivity index (χ0n) is 26.3. The molecule has 2 amide bonds. The molecule has 0 aromatic heterocycles. The number of likely N-dealkylation sites (tertiary alicyclic amines) is 1. The van der Waals surface area contributed by atoms with Crippen molar-refractivity contribution in [2.75, 3.05) is 52.4 Å². The summed E-state index contributed by atoms with van der Waals surface area (Å²) in [7, 11) is 6.07. The maximum absolute atomic E-state index is 11.4. The Balaban J connectivity index is 0.000000348. The van der Waals surface area contributed by atoms with Gasteiger partial charge in [-0.2, -0.15) is 0 Å². The maximum atomic E-state index is 11.4. The molecule has 2 fully saturated rings. The van der Waals surface area contributed by atoms with Gasteiger partial charge in [0.2, 0.25) is 6.41 Å². The Morgan fingerprint density at radius 2 is 1.79 bits per heavy atom. The van der Waals surface area contributed by atoms with Crippen LogP contribution < -0.4 is 26.8 Å². The number of amides is 2. The summed E-state index contributed by atoms with van der Waals surface area (Å²) in [5, 5.41) is 10.1. The van der Waals surface area contributed by atoms with E-state index in [1.54, 1.807) is 5.01 Å². The van der Waals surface area contributed by atoms with Crippen LogP contribution in [0.2, 0.25) is 0 Å². The van der Waals surface area contributed by atoms with Crippen molar-refractivity contribution >= 4 is 30.8 Å². The molecule has 0 unspecified atom stereocenters.